The minimum atomic E-state index is -0.0969. The Morgan fingerprint density at radius 3 is 2.00 bits per heavy atom. The zero-order valence-corrected chi connectivity index (χ0v) is 15.9. The number of rotatable bonds is 7. The number of benzene rings is 2. The lowest BCUT2D eigenvalue weighted by atomic mass is 10.1. The maximum atomic E-state index is 12.2. The largest absolute Gasteiger partial charge is 0.376 e. The summed E-state index contributed by atoms with van der Waals surface area (Å²) in [5.41, 5.74) is 5.75. The molecule has 0 unspecified atom stereocenters. The standard InChI is InChI=1S/C21H27N3O2/c1-5-6-19(25)23-18-9-7-17(8-10-18)22-13-20(26)24-21-15(3)11-14(2)12-16(21)4/h7-12,22H,5-6,13H2,1-4H3,(H,23,25)(H,24,26). The number of carbonyl (C=O) groups is 2. The molecule has 2 aromatic rings. The van der Waals surface area contributed by atoms with Crippen LogP contribution in [0.1, 0.15) is 36.5 Å². The highest BCUT2D eigenvalue weighted by Gasteiger charge is 2.08. The molecule has 0 aliphatic rings. The van der Waals surface area contributed by atoms with Crippen molar-refractivity contribution < 1.29 is 9.59 Å². The second-order valence-electron chi connectivity index (χ2n) is 6.55. The second kappa shape index (κ2) is 9.04. The number of hydrogen-bond acceptors (Lipinski definition) is 3. The molecule has 2 amide bonds. The maximum Gasteiger partial charge on any atom is 0.243 e. The van der Waals surface area contributed by atoms with E-state index in [0.29, 0.717) is 6.42 Å². The number of carbonyl (C=O) groups excluding carboxylic acids is 2. The first kappa shape index (κ1) is 19.5. The van der Waals surface area contributed by atoms with Gasteiger partial charge in [-0.1, -0.05) is 24.6 Å². The summed E-state index contributed by atoms with van der Waals surface area (Å²) in [7, 11) is 0. The molecular formula is C21H27N3O2. The van der Waals surface area contributed by atoms with Gasteiger partial charge < -0.3 is 16.0 Å². The van der Waals surface area contributed by atoms with Gasteiger partial charge in [-0.15, -0.1) is 0 Å². The van der Waals surface area contributed by atoms with Crippen molar-refractivity contribution >= 4 is 28.9 Å². The van der Waals surface area contributed by atoms with Crippen LogP contribution in [0.3, 0.4) is 0 Å². The molecule has 138 valence electrons. The summed E-state index contributed by atoms with van der Waals surface area (Å²) in [6.07, 6.45) is 1.33. The summed E-state index contributed by atoms with van der Waals surface area (Å²) in [6.45, 7) is 8.18. The van der Waals surface area contributed by atoms with Crippen molar-refractivity contribution in [1.29, 1.82) is 0 Å². The van der Waals surface area contributed by atoms with Gasteiger partial charge in [0.1, 0.15) is 0 Å². The lowest BCUT2D eigenvalue weighted by molar-refractivity contribution is -0.116. The molecule has 0 aliphatic heterocycles. The first-order chi connectivity index (χ1) is 12.4. The Kier molecular flexibility index (Phi) is 6.78. The molecule has 0 saturated carbocycles. The average molecular weight is 353 g/mol. The fourth-order valence-electron chi connectivity index (χ4n) is 2.87. The van der Waals surface area contributed by atoms with Crippen molar-refractivity contribution in [3.05, 3.63) is 53.1 Å². The molecule has 3 N–H and O–H groups in total. The number of aryl methyl sites for hydroxylation is 3. The van der Waals surface area contributed by atoms with Gasteiger partial charge in [-0.05, 0) is 62.6 Å². The quantitative estimate of drug-likeness (QED) is 0.691. The van der Waals surface area contributed by atoms with E-state index in [1.165, 1.54) is 5.56 Å². The number of nitrogens with one attached hydrogen (secondary N) is 3. The minimum Gasteiger partial charge on any atom is -0.376 e. The van der Waals surface area contributed by atoms with Gasteiger partial charge in [0.2, 0.25) is 11.8 Å². The van der Waals surface area contributed by atoms with Crippen molar-refractivity contribution in [2.75, 3.05) is 22.5 Å². The first-order valence-corrected chi connectivity index (χ1v) is 8.90. The summed E-state index contributed by atoms with van der Waals surface area (Å²) in [5, 5.41) is 8.90. The van der Waals surface area contributed by atoms with Crippen LogP contribution in [0.5, 0.6) is 0 Å². The Labute approximate surface area is 155 Å². The molecule has 0 saturated heterocycles. The smallest absolute Gasteiger partial charge is 0.243 e. The zero-order valence-electron chi connectivity index (χ0n) is 15.9. The van der Waals surface area contributed by atoms with E-state index < -0.39 is 0 Å². The molecule has 0 spiro atoms. The van der Waals surface area contributed by atoms with Crippen LogP contribution in [0.15, 0.2) is 36.4 Å². The van der Waals surface area contributed by atoms with Crippen molar-refractivity contribution in [3.63, 3.8) is 0 Å². The van der Waals surface area contributed by atoms with Crippen LogP contribution in [-0.2, 0) is 9.59 Å². The molecule has 0 radical (unpaired) electrons. The van der Waals surface area contributed by atoms with Crippen LogP contribution in [0.25, 0.3) is 0 Å². The Bertz CT molecular complexity index is 759. The third-order valence-corrected chi connectivity index (χ3v) is 4.04. The van der Waals surface area contributed by atoms with Crippen LogP contribution >= 0.6 is 0 Å². The molecule has 26 heavy (non-hydrogen) atoms. The van der Waals surface area contributed by atoms with Gasteiger partial charge in [0.15, 0.2) is 0 Å². The topological polar surface area (TPSA) is 70.2 Å². The monoisotopic (exact) mass is 353 g/mol. The molecule has 0 aliphatic carbocycles. The van der Waals surface area contributed by atoms with Crippen LogP contribution in [0.4, 0.5) is 17.1 Å². The summed E-state index contributed by atoms with van der Waals surface area (Å²) >= 11 is 0. The highest BCUT2D eigenvalue weighted by molar-refractivity contribution is 5.95. The summed E-state index contributed by atoms with van der Waals surface area (Å²) < 4.78 is 0. The molecule has 2 aromatic carbocycles. The van der Waals surface area contributed by atoms with E-state index in [1.54, 1.807) is 0 Å². The van der Waals surface area contributed by atoms with E-state index in [2.05, 4.69) is 28.1 Å². The summed E-state index contributed by atoms with van der Waals surface area (Å²) in [6, 6.07) is 11.4. The molecule has 5 heteroatoms. The van der Waals surface area contributed by atoms with Gasteiger partial charge in [-0.2, -0.15) is 0 Å². The van der Waals surface area contributed by atoms with Gasteiger partial charge in [-0.25, -0.2) is 0 Å². The molecule has 0 bridgehead atoms. The van der Waals surface area contributed by atoms with Gasteiger partial charge in [-0.3, -0.25) is 9.59 Å². The number of hydrogen-bond donors (Lipinski definition) is 3. The summed E-state index contributed by atoms with van der Waals surface area (Å²) in [4.78, 5) is 23.8. The first-order valence-electron chi connectivity index (χ1n) is 8.90. The van der Waals surface area contributed by atoms with Crippen molar-refractivity contribution in [2.24, 2.45) is 0 Å². The third-order valence-electron chi connectivity index (χ3n) is 4.04. The lowest BCUT2D eigenvalue weighted by Gasteiger charge is -2.13. The second-order valence-corrected chi connectivity index (χ2v) is 6.55. The van der Waals surface area contributed by atoms with E-state index in [4.69, 9.17) is 0 Å². The zero-order chi connectivity index (χ0) is 19.1. The molecule has 5 nitrogen and oxygen atoms in total. The Morgan fingerprint density at radius 1 is 0.846 bits per heavy atom. The van der Waals surface area contributed by atoms with Crippen LogP contribution < -0.4 is 16.0 Å². The SMILES string of the molecule is CCCC(=O)Nc1ccc(NCC(=O)Nc2c(C)cc(C)cc2C)cc1. The number of anilines is 3. The highest BCUT2D eigenvalue weighted by atomic mass is 16.2. The van der Waals surface area contributed by atoms with Crippen molar-refractivity contribution in [1.82, 2.24) is 0 Å². The molecule has 0 heterocycles. The normalized spacial score (nSPS) is 10.3. The van der Waals surface area contributed by atoms with Gasteiger partial charge in [0.05, 0.1) is 6.54 Å². The molecule has 0 fully saturated rings. The van der Waals surface area contributed by atoms with Crippen LogP contribution in [-0.4, -0.2) is 18.4 Å². The Balaban J connectivity index is 1.88. The van der Waals surface area contributed by atoms with Gasteiger partial charge in [0, 0.05) is 23.5 Å². The van der Waals surface area contributed by atoms with Gasteiger partial charge >= 0.3 is 0 Å². The predicted molar refractivity (Wildman–Crippen MR) is 108 cm³/mol. The molecule has 0 aromatic heterocycles. The van der Waals surface area contributed by atoms with Crippen molar-refractivity contribution in [3.8, 4) is 0 Å². The fourth-order valence-corrected chi connectivity index (χ4v) is 2.87. The number of amides is 2. The third kappa shape index (κ3) is 5.62. The Hall–Kier alpha value is -2.82. The lowest BCUT2D eigenvalue weighted by Crippen LogP contribution is -2.22. The van der Waals surface area contributed by atoms with Gasteiger partial charge in [0.25, 0.3) is 0 Å². The predicted octanol–water partition coefficient (Wildman–Crippen LogP) is 4.40. The van der Waals surface area contributed by atoms with Crippen molar-refractivity contribution in [2.45, 2.75) is 40.5 Å². The molecular weight excluding hydrogens is 326 g/mol. The van der Waals surface area contributed by atoms with Crippen LogP contribution in [0, 0.1) is 20.8 Å². The molecule has 2 rings (SSSR count). The minimum absolute atomic E-state index is 0.0106. The maximum absolute atomic E-state index is 12.2. The summed E-state index contributed by atoms with van der Waals surface area (Å²) in [5.74, 6) is -0.0863. The van der Waals surface area contributed by atoms with E-state index in [0.717, 1.165) is 34.6 Å². The molecule has 0 atom stereocenters. The average Bonchev–Trinajstić information content (AvgIpc) is 2.57. The fraction of sp³-hybridized carbons (Fsp3) is 0.333. The van der Waals surface area contributed by atoms with Crippen LogP contribution in [0.2, 0.25) is 0 Å². The van der Waals surface area contributed by atoms with E-state index in [9.17, 15) is 9.59 Å². The van der Waals surface area contributed by atoms with E-state index in [1.807, 2.05) is 52.0 Å². The van der Waals surface area contributed by atoms with E-state index in [-0.39, 0.29) is 18.4 Å². The highest BCUT2D eigenvalue weighted by Crippen LogP contribution is 2.22. The van der Waals surface area contributed by atoms with E-state index >= 15 is 0 Å². The Morgan fingerprint density at radius 2 is 1.42 bits per heavy atom.